The second-order valence-electron chi connectivity index (χ2n) is 6.18. The van der Waals surface area contributed by atoms with Crippen LogP contribution in [0, 0.1) is 5.92 Å². The second-order valence-corrected chi connectivity index (χ2v) is 6.18. The van der Waals surface area contributed by atoms with Gasteiger partial charge in [0.1, 0.15) is 6.61 Å². The molecule has 1 fully saturated rings. The van der Waals surface area contributed by atoms with Gasteiger partial charge in [0, 0.05) is 19.1 Å². The van der Waals surface area contributed by atoms with Gasteiger partial charge in [-0.3, -0.25) is 4.79 Å². The summed E-state index contributed by atoms with van der Waals surface area (Å²) in [7, 11) is 0. The molecule has 4 nitrogen and oxygen atoms in total. The van der Waals surface area contributed by atoms with E-state index in [-0.39, 0.29) is 24.2 Å². The van der Waals surface area contributed by atoms with E-state index in [2.05, 4.69) is 6.92 Å². The Balaban J connectivity index is 2.51. The molecule has 18 heavy (non-hydrogen) atoms. The van der Waals surface area contributed by atoms with Gasteiger partial charge in [-0.25, -0.2) is 0 Å². The fourth-order valence-electron chi connectivity index (χ4n) is 2.42. The first-order valence-electron chi connectivity index (χ1n) is 7.01. The molecule has 1 rings (SSSR count). The Hall–Kier alpha value is -0.610. The quantitative estimate of drug-likeness (QED) is 0.834. The highest BCUT2D eigenvalue weighted by atomic mass is 16.5. The summed E-state index contributed by atoms with van der Waals surface area (Å²) in [5.74, 6) is 0.793. The molecule has 1 aliphatic heterocycles. The smallest absolute Gasteiger partial charge is 0.248 e. The average molecular weight is 256 g/mol. The Bertz CT molecular complexity index is 273. The van der Waals surface area contributed by atoms with Crippen molar-refractivity contribution in [2.45, 2.75) is 58.6 Å². The molecule has 0 radical (unpaired) electrons. The third-order valence-electron chi connectivity index (χ3n) is 3.62. The minimum absolute atomic E-state index is 0.0786. The van der Waals surface area contributed by atoms with E-state index >= 15 is 0 Å². The Labute approximate surface area is 111 Å². The minimum Gasteiger partial charge on any atom is -0.366 e. The number of hydrogen-bond donors (Lipinski definition) is 1. The molecule has 0 aliphatic carbocycles. The van der Waals surface area contributed by atoms with Crippen LogP contribution in [0.15, 0.2) is 0 Å². The molecular formula is C14H28N2O2. The van der Waals surface area contributed by atoms with Crippen molar-refractivity contribution in [2.24, 2.45) is 11.7 Å². The molecule has 1 saturated heterocycles. The number of ether oxygens (including phenoxy) is 1. The van der Waals surface area contributed by atoms with Crippen LogP contribution in [0.5, 0.6) is 0 Å². The zero-order chi connectivity index (χ0) is 13.8. The van der Waals surface area contributed by atoms with Crippen molar-refractivity contribution in [3.05, 3.63) is 0 Å². The predicted molar refractivity (Wildman–Crippen MR) is 73.3 cm³/mol. The van der Waals surface area contributed by atoms with Crippen molar-refractivity contribution in [1.82, 2.24) is 4.90 Å². The van der Waals surface area contributed by atoms with Crippen molar-refractivity contribution in [2.75, 3.05) is 19.7 Å². The van der Waals surface area contributed by atoms with Crippen LogP contribution < -0.4 is 5.73 Å². The molecule has 2 atom stereocenters. The van der Waals surface area contributed by atoms with Crippen LogP contribution in [-0.4, -0.2) is 42.1 Å². The van der Waals surface area contributed by atoms with Gasteiger partial charge in [0.2, 0.25) is 5.91 Å². The van der Waals surface area contributed by atoms with E-state index < -0.39 is 0 Å². The lowest BCUT2D eigenvalue weighted by atomic mass is 9.89. The number of nitrogens with two attached hydrogens (primary N) is 1. The maximum atomic E-state index is 12.2. The van der Waals surface area contributed by atoms with Crippen LogP contribution >= 0.6 is 0 Å². The van der Waals surface area contributed by atoms with E-state index in [9.17, 15) is 4.79 Å². The van der Waals surface area contributed by atoms with Crippen LogP contribution in [0.25, 0.3) is 0 Å². The molecule has 1 amide bonds. The molecule has 0 spiro atoms. The van der Waals surface area contributed by atoms with Gasteiger partial charge in [0.05, 0.1) is 5.60 Å². The van der Waals surface area contributed by atoms with Crippen molar-refractivity contribution < 1.29 is 9.53 Å². The van der Waals surface area contributed by atoms with Gasteiger partial charge >= 0.3 is 0 Å². The fourth-order valence-corrected chi connectivity index (χ4v) is 2.42. The molecule has 0 aromatic carbocycles. The van der Waals surface area contributed by atoms with Crippen molar-refractivity contribution in [1.29, 1.82) is 0 Å². The third kappa shape index (κ3) is 4.58. The highest BCUT2D eigenvalue weighted by Crippen LogP contribution is 2.25. The third-order valence-corrected chi connectivity index (χ3v) is 3.62. The molecule has 0 saturated carbocycles. The Morgan fingerprint density at radius 1 is 1.44 bits per heavy atom. The lowest BCUT2D eigenvalue weighted by Gasteiger charge is -2.39. The SMILES string of the molecule is CCC1CCN(C(=O)COC(C)(C)C)C(CN)C1. The molecule has 0 aromatic heterocycles. The summed E-state index contributed by atoms with van der Waals surface area (Å²) in [5, 5.41) is 0. The number of hydrogen-bond acceptors (Lipinski definition) is 3. The van der Waals surface area contributed by atoms with Crippen LogP contribution in [0.2, 0.25) is 0 Å². The summed E-state index contributed by atoms with van der Waals surface area (Å²) < 4.78 is 5.56. The standard InChI is InChI=1S/C14H28N2O2/c1-5-11-6-7-16(12(8-11)9-15)13(17)10-18-14(2,3)4/h11-12H,5-10,15H2,1-4H3. The summed E-state index contributed by atoms with van der Waals surface area (Å²) in [4.78, 5) is 14.1. The zero-order valence-corrected chi connectivity index (χ0v) is 12.2. The number of carbonyl (C=O) groups is 1. The van der Waals surface area contributed by atoms with Gasteiger partial charge in [-0.05, 0) is 39.5 Å². The van der Waals surface area contributed by atoms with E-state index in [1.807, 2.05) is 25.7 Å². The molecule has 4 heteroatoms. The summed E-state index contributed by atoms with van der Waals surface area (Å²) >= 11 is 0. The molecule has 0 aromatic rings. The monoisotopic (exact) mass is 256 g/mol. The molecular weight excluding hydrogens is 228 g/mol. The Morgan fingerprint density at radius 2 is 2.11 bits per heavy atom. The highest BCUT2D eigenvalue weighted by molar-refractivity contribution is 5.78. The van der Waals surface area contributed by atoms with Crippen LogP contribution in [-0.2, 0) is 9.53 Å². The van der Waals surface area contributed by atoms with Gasteiger partial charge in [-0.1, -0.05) is 13.3 Å². The van der Waals surface area contributed by atoms with Crippen LogP contribution in [0.3, 0.4) is 0 Å². The molecule has 2 N–H and O–H groups in total. The fraction of sp³-hybridized carbons (Fsp3) is 0.929. The maximum absolute atomic E-state index is 12.2. The van der Waals surface area contributed by atoms with Crippen LogP contribution in [0.1, 0.15) is 47.0 Å². The van der Waals surface area contributed by atoms with E-state index in [0.717, 1.165) is 19.4 Å². The summed E-state index contributed by atoms with van der Waals surface area (Å²) in [6, 6.07) is 0.194. The Morgan fingerprint density at radius 3 is 2.61 bits per heavy atom. The van der Waals surface area contributed by atoms with E-state index in [1.54, 1.807) is 0 Å². The van der Waals surface area contributed by atoms with E-state index in [0.29, 0.717) is 12.5 Å². The summed E-state index contributed by atoms with van der Waals surface area (Å²) in [6.07, 6.45) is 3.31. The van der Waals surface area contributed by atoms with Crippen LogP contribution in [0.4, 0.5) is 0 Å². The number of rotatable bonds is 4. The van der Waals surface area contributed by atoms with Gasteiger partial charge in [0.15, 0.2) is 0 Å². The van der Waals surface area contributed by atoms with Gasteiger partial charge in [-0.15, -0.1) is 0 Å². The first-order valence-corrected chi connectivity index (χ1v) is 7.01. The van der Waals surface area contributed by atoms with Crippen molar-refractivity contribution in [3.63, 3.8) is 0 Å². The summed E-state index contributed by atoms with van der Waals surface area (Å²) in [6.45, 7) is 9.64. The first-order chi connectivity index (χ1) is 8.37. The Kier molecular flexibility index (Phi) is 5.60. The van der Waals surface area contributed by atoms with Crippen molar-refractivity contribution in [3.8, 4) is 0 Å². The molecule has 1 aliphatic rings. The van der Waals surface area contributed by atoms with E-state index in [4.69, 9.17) is 10.5 Å². The molecule has 1 heterocycles. The first kappa shape index (κ1) is 15.4. The average Bonchev–Trinajstić information content (AvgIpc) is 2.34. The molecule has 2 unspecified atom stereocenters. The van der Waals surface area contributed by atoms with Crippen molar-refractivity contribution >= 4 is 5.91 Å². The van der Waals surface area contributed by atoms with Gasteiger partial charge in [0.25, 0.3) is 0 Å². The highest BCUT2D eigenvalue weighted by Gasteiger charge is 2.30. The number of amides is 1. The lowest BCUT2D eigenvalue weighted by Crippen LogP contribution is -2.51. The number of likely N-dealkylation sites (tertiary alicyclic amines) is 1. The number of nitrogens with zero attached hydrogens (tertiary/aromatic N) is 1. The molecule has 106 valence electrons. The lowest BCUT2D eigenvalue weighted by molar-refractivity contribution is -0.145. The normalized spacial score (nSPS) is 25.3. The predicted octanol–water partition coefficient (Wildman–Crippen LogP) is 1.78. The number of piperidine rings is 1. The number of carbonyl (C=O) groups excluding carboxylic acids is 1. The van der Waals surface area contributed by atoms with Gasteiger partial charge in [-0.2, -0.15) is 0 Å². The molecule has 0 bridgehead atoms. The topological polar surface area (TPSA) is 55.6 Å². The minimum atomic E-state index is -0.268. The second kappa shape index (κ2) is 6.53. The van der Waals surface area contributed by atoms with Gasteiger partial charge < -0.3 is 15.4 Å². The summed E-state index contributed by atoms with van der Waals surface area (Å²) in [5.41, 5.74) is 5.53. The van der Waals surface area contributed by atoms with E-state index in [1.165, 1.54) is 6.42 Å². The maximum Gasteiger partial charge on any atom is 0.248 e. The largest absolute Gasteiger partial charge is 0.366 e. The zero-order valence-electron chi connectivity index (χ0n) is 12.2.